The predicted octanol–water partition coefficient (Wildman–Crippen LogP) is 4.10. The largest absolute Gasteiger partial charge is 0.482 e. The topological polar surface area (TPSA) is 70.7 Å². The molecule has 0 spiro atoms. The zero-order valence-electron chi connectivity index (χ0n) is 15.1. The van der Waals surface area contributed by atoms with E-state index in [2.05, 4.69) is 28.1 Å². The molecule has 1 saturated heterocycles. The van der Waals surface area contributed by atoms with Gasteiger partial charge in [0.25, 0.3) is 5.91 Å². The van der Waals surface area contributed by atoms with E-state index in [1.165, 1.54) is 11.3 Å². The number of nitrogens with zero attached hydrogens (tertiary/aromatic N) is 1. The molecule has 1 fully saturated rings. The summed E-state index contributed by atoms with van der Waals surface area (Å²) >= 11 is 1.77. The van der Waals surface area contributed by atoms with Crippen LogP contribution in [0.25, 0.3) is 0 Å². The number of benzene rings is 1. The lowest BCUT2D eigenvalue weighted by atomic mass is 9.98. The molecule has 2 aromatic rings. The van der Waals surface area contributed by atoms with E-state index >= 15 is 0 Å². The van der Waals surface area contributed by atoms with Gasteiger partial charge in [-0.2, -0.15) is 0 Å². The van der Waals surface area contributed by atoms with Crippen molar-refractivity contribution >= 4 is 34.6 Å². The summed E-state index contributed by atoms with van der Waals surface area (Å²) in [7, 11) is 0. The van der Waals surface area contributed by atoms with Crippen LogP contribution < -0.4 is 15.4 Å². The quantitative estimate of drug-likeness (QED) is 0.832. The Labute approximate surface area is 162 Å². The van der Waals surface area contributed by atoms with Crippen LogP contribution in [0.4, 0.5) is 16.2 Å². The number of rotatable bonds is 4. The highest BCUT2D eigenvalue weighted by molar-refractivity contribution is 7.09. The van der Waals surface area contributed by atoms with Gasteiger partial charge in [-0.1, -0.05) is 6.07 Å². The normalized spacial score (nSPS) is 19.0. The number of likely N-dealkylation sites (tertiary alicyclic amines) is 1. The van der Waals surface area contributed by atoms with Gasteiger partial charge in [0, 0.05) is 29.2 Å². The van der Waals surface area contributed by atoms with Gasteiger partial charge in [-0.15, -0.1) is 11.3 Å². The van der Waals surface area contributed by atoms with Gasteiger partial charge in [-0.25, -0.2) is 4.79 Å². The van der Waals surface area contributed by atoms with Gasteiger partial charge in [-0.05, 0) is 55.7 Å². The first-order chi connectivity index (χ1) is 13.2. The zero-order chi connectivity index (χ0) is 18.6. The molecule has 3 amide bonds. The van der Waals surface area contributed by atoms with Gasteiger partial charge in [0.2, 0.25) is 0 Å². The van der Waals surface area contributed by atoms with E-state index in [4.69, 9.17) is 4.74 Å². The van der Waals surface area contributed by atoms with Crippen LogP contribution in [0, 0.1) is 0 Å². The maximum Gasteiger partial charge on any atom is 0.322 e. The van der Waals surface area contributed by atoms with E-state index in [0.29, 0.717) is 17.1 Å². The minimum Gasteiger partial charge on any atom is -0.482 e. The Hall–Kier alpha value is -2.54. The van der Waals surface area contributed by atoms with Crippen LogP contribution in [-0.2, 0) is 11.2 Å². The fourth-order valence-corrected chi connectivity index (χ4v) is 4.40. The lowest BCUT2D eigenvalue weighted by Crippen LogP contribution is -2.46. The third-order valence-corrected chi connectivity index (χ3v) is 5.99. The molecule has 1 aromatic carbocycles. The number of carbonyl (C=O) groups excluding carboxylic acids is 2. The number of carbonyl (C=O) groups is 2. The second kappa shape index (κ2) is 8.00. The Balaban J connectivity index is 1.40. The van der Waals surface area contributed by atoms with Crippen LogP contribution in [0.2, 0.25) is 0 Å². The third kappa shape index (κ3) is 4.24. The molecule has 1 atom stereocenters. The van der Waals surface area contributed by atoms with Crippen molar-refractivity contribution in [1.82, 2.24) is 4.90 Å². The summed E-state index contributed by atoms with van der Waals surface area (Å²) in [6.45, 7) is 0.791. The van der Waals surface area contributed by atoms with Gasteiger partial charge in [0.1, 0.15) is 5.75 Å². The zero-order valence-corrected chi connectivity index (χ0v) is 15.9. The first-order valence-electron chi connectivity index (χ1n) is 9.36. The van der Waals surface area contributed by atoms with Gasteiger partial charge >= 0.3 is 6.03 Å². The molecule has 0 aliphatic carbocycles. The number of nitrogens with one attached hydrogen (secondary N) is 2. The summed E-state index contributed by atoms with van der Waals surface area (Å²) in [5.74, 6) is 0.418. The summed E-state index contributed by atoms with van der Waals surface area (Å²) in [5.41, 5.74) is 1.31. The molecule has 1 aromatic heterocycles. The van der Waals surface area contributed by atoms with E-state index in [1.807, 2.05) is 4.90 Å². The van der Waals surface area contributed by atoms with Gasteiger partial charge in [-0.3, -0.25) is 4.79 Å². The van der Waals surface area contributed by atoms with Crippen molar-refractivity contribution < 1.29 is 14.3 Å². The average Bonchev–Trinajstić information content (AvgIpc) is 3.20. The van der Waals surface area contributed by atoms with Crippen molar-refractivity contribution in [1.29, 1.82) is 0 Å². The van der Waals surface area contributed by atoms with E-state index in [1.54, 1.807) is 29.5 Å². The SMILES string of the molecule is O=C1COc2cc(NC(=O)N3CCCC[C@@H]3CCc3cccs3)ccc2N1. The maximum absolute atomic E-state index is 12.9. The molecule has 2 N–H and O–H groups in total. The van der Waals surface area contributed by atoms with Crippen molar-refractivity contribution in [3.05, 3.63) is 40.6 Å². The Bertz CT molecular complexity index is 822. The van der Waals surface area contributed by atoms with E-state index in [9.17, 15) is 9.59 Å². The molecule has 0 bridgehead atoms. The van der Waals surface area contributed by atoms with Crippen LogP contribution in [0.1, 0.15) is 30.6 Å². The third-order valence-electron chi connectivity index (χ3n) is 5.06. The Kier molecular flexibility index (Phi) is 5.29. The summed E-state index contributed by atoms with van der Waals surface area (Å²) in [4.78, 5) is 27.6. The van der Waals surface area contributed by atoms with Crippen molar-refractivity contribution in [2.24, 2.45) is 0 Å². The minimum atomic E-state index is -0.166. The van der Waals surface area contributed by atoms with Gasteiger partial charge in [0.15, 0.2) is 6.61 Å². The molecule has 4 rings (SSSR count). The lowest BCUT2D eigenvalue weighted by Gasteiger charge is -2.36. The van der Waals surface area contributed by atoms with Crippen LogP contribution in [0.3, 0.4) is 0 Å². The number of hydrogen-bond acceptors (Lipinski definition) is 4. The highest BCUT2D eigenvalue weighted by atomic mass is 32.1. The number of piperidine rings is 1. The first kappa shape index (κ1) is 17.9. The second-order valence-electron chi connectivity index (χ2n) is 6.94. The van der Waals surface area contributed by atoms with Crippen molar-refractivity contribution in [2.45, 2.75) is 38.1 Å². The van der Waals surface area contributed by atoms with E-state index < -0.39 is 0 Å². The number of ether oxygens (including phenoxy) is 1. The van der Waals surface area contributed by atoms with Crippen molar-refractivity contribution in [2.75, 3.05) is 23.8 Å². The average molecular weight is 385 g/mol. The maximum atomic E-state index is 12.9. The molecule has 0 radical (unpaired) electrons. The summed E-state index contributed by atoms with van der Waals surface area (Å²) in [6.07, 6.45) is 5.28. The monoisotopic (exact) mass is 385 g/mol. The molecule has 0 unspecified atom stereocenters. The van der Waals surface area contributed by atoms with Crippen LogP contribution in [-0.4, -0.2) is 36.0 Å². The molecule has 2 aliphatic rings. The number of urea groups is 1. The second-order valence-corrected chi connectivity index (χ2v) is 7.97. The molecule has 142 valence electrons. The van der Waals surface area contributed by atoms with Crippen LogP contribution in [0.15, 0.2) is 35.7 Å². The van der Waals surface area contributed by atoms with E-state index in [-0.39, 0.29) is 24.6 Å². The van der Waals surface area contributed by atoms with E-state index in [0.717, 1.165) is 32.2 Å². The highest BCUT2D eigenvalue weighted by Crippen LogP contribution is 2.31. The summed E-state index contributed by atoms with van der Waals surface area (Å²) in [6, 6.07) is 9.75. The lowest BCUT2D eigenvalue weighted by molar-refractivity contribution is -0.118. The number of thiophene rings is 1. The molecule has 7 heteroatoms. The Morgan fingerprint density at radius 2 is 2.26 bits per heavy atom. The summed E-state index contributed by atoms with van der Waals surface area (Å²) < 4.78 is 5.43. The number of hydrogen-bond donors (Lipinski definition) is 2. The fraction of sp³-hybridized carbons (Fsp3) is 0.400. The first-order valence-corrected chi connectivity index (χ1v) is 10.2. The molecule has 3 heterocycles. The smallest absolute Gasteiger partial charge is 0.322 e. The fourth-order valence-electron chi connectivity index (χ4n) is 3.68. The number of anilines is 2. The number of fused-ring (bicyclic) bond motifs is 1. The molecule has 0 saturated carbocycles. The Morgan fingerprint density at radius 3 is 3.11 bits per heavy atom. The molecular weight excluding hydrogens is 362 g/mol. The predicted molar refractivity (Wildman–Crippen MR) is 107 cm³/mol. The standard InChI is InChI=1S/C20H23N3O3S/c24-19-13-26-18-12-14(6-9-17(18)22-19)21-20(25)23-10-2-1-4-15(23)7-8-16-5-3-11-27-16/h3,5-6,9,11-12,15H,1-2,4,7-8,10,13H2,(H,21,25)(H,22,24)/t15-/m1/s1. The van der Waals surface area contributed by atoms with Crippen LogP contribution >= 0.6 is 11.3 Å². The van der Waals surface area contributed by atoms with Crippen molar-refractivity contribution in [3.8, 4) is 5.75 Å². The molecule has 6 nitrogen and oxygen atoms in total. The number of aryl methyl sites for hydroxylation is 1. The van der Waals surface area contributed by atoms with Crippen molar-refractivity contribution in [3.63, 3.8) is 0 Å². The Morgan fingerprint density at radius 1 is 1.33 bits per heavy atom. The number of amides is 3. The van der Waals surface area contributed by atoms with Gasteiger partial charge in [0.05, 0.1) is 5.69 Å². The van der Waals surface area contributed by atoms with Crippen LogP contribution in [0.5, 0.6) is 5.75 Å². The molecule has 27 heavy (non-hydrogen) atoms. The molecule has 2 aliphatic heterocycles. The molecular formula is C20H23N3O3S. The van der Waals surface area contributed by atoms with Gasteiger partial charge < -0.3 is 20.3 Å². The summed E-state index contributed by atoms with van der Waals surface area (Å²) in [5, 5.41) is 7.85. The minimum absolute atomic E-state index is 0.00131. The highest BCUT2D eigenvalue weighted by Gasteiger charge is 2.27.